The number of benzene rings is 1. The van der Waals surface area contributed by atoms with Crippen LogP contribution in [0.2, 0.25) is 5.02 Å². The number of ether oxygens (including phenoxy) is 1. The van der Waals surface area contributed by atoms with E-state index in [0.29, 0.717) is 23.8 Å². The highest BCUT2D eigenvalue weighted by Crippen LogP contribution is 2.20. The Morgan fingerprint density at radius 2 is 2.14 bits per heavy atom. The van der Waals surface area contributed by atoms with Crippen LogP contribution in [-0.2, 0) is 11.3 Å². The summed E-state index contributed by atoms with van der Waals surface area (Å²) < 4.78 is 18.4. The Kier molecular flexibility index (Phi) is 5.65. The number of methoxy groups -OCH3 is 1. The Morgan fingerprint density at radius 1 is 1.36 bits per heavy atom. The lowest BCUT2D eigenvalue weighted by Gasteiger charge is -2.14. The van der Waals surface area contributed by atoms with E-state index in [4.69, 9.17) is 16.3 Å². The highest BCUT2D eigenvalue weighted by atomic mass is 35.5. The van der Waals surface area contributed by atoms with Crippen molar-refractivity contribution in [3.05, 3.63) is 52.2 Å². The summed E-state index contributed by atoms with van der Waals surface area (Å²) in [5.41, 5.74) is 1.23. The summed E-state index contributed by atoms with van der Waals surface area (Å²) in [6, 6.07) is 5.98. The molecule has 118 valence electrons. The number of nitrogens with zero attached hydrogens (tertiary/aromatic N) is 2. The number of hydrogen-bond acceptors (Lipinski definition) is 5. The van der Waals surface area contributed by atoms with Crippen LogP contribution in [0.5, 0.6) is 0 Å². The summed E-state index contributed by atoms with van der Waals surface area (Å²) in [5, 5.41) is 13.1. The van der Waals surface area contributed by atoms with E-state index in [-0.39, 0.29) is 11.6 Å². The number of anilines is 1. The van der Waals surface area contributed by atoms with E-state index in [2.05, 4.69) is 15.3 Å². The molecule has 2 rings (SSSR count). The molecule has 1 atom stereocenters. The smallest absolute Gasteiger partial charge is 0.156 e. The Balaban J connectivity index is 2.04. The van der Waals surface area contributed by atoms with Crippen LogP contribution in [0.4, 0.5) is 10.2 Å². The van der Waals surface area contributed by atoms with Gasteiger partial charge in [0.05, 0.1) is 11.1 Å². The third-order valence-corrected chi connectivity index (χ3v) is 3.29. The molecule has 1 aromatic heterocycles. The Morgan fingerprint density at radius 3 is 2.82 bits per heavy atom. The van der Waals surface area contributed by atoms with Crippen LogP contribution in [0.3, 0.4) is 0 Å². The van der Waals surface area contributed by atoms with Crippen LogP contribution in [0.25, 0.3) is 0 Å². The topological polar surface area (TPSA) is 67.3 Å². The van der Waals surface area contributed by atoms with E-state index in [9.17, 15) is 9.50 Å². The van der Waals surface area contributed by atoms with E-state index in [1.165, 1.54) is 12.1 Å². The summed E-state index contributed by atoms with van der Waals surface area (Å²) in [5.74, 6) is 0.573. The molecule has 7 heteroatoms. The third-order valence-electron chi connectivity index (χ3n) is 2.98. The van der Waals surface area contributed by atoms with E-state index in [0.717, 1.165) is 5.69 Å². The fraction of sp³-hybridized carbons (Fsp3) is 0.333. The highest BCUT2D eigenvalue weighted by Gasteiger charge is 2.11. The lowest BCUT2D eigenvalue weighted by atomic mass is 10.1. The maximum Gasteiger partial charge on any atom is 0.156 e. The molecule has 0 fully saturated rings. The van der Waals surface area contributed by atoms with Gasteiger partial charge in [-0.3, -0.25) is 0 Å². The van der Waals surface area contributed by atoms with Gasteiger partial charge in [-0.05, 0) is 24.6 Å². The maximum absolute atomic E-state index is 13.4. The van der Waals surface area contributed by atoms with Crippen LogP contribution >= 0.6 is 11.6 Å². The zero-order chi connectivity index (χ0) is 16.1. The normalized spacial score (nSPS) is 12.2. The van der Waals surface area contributed by atoms with Crippen LogP contribution in [-0.4, -0.2) is 28.7 Å². The van der Waals surface area contributed by atoms with E-state index >= 15 is 0 Å². The lowest BCUT2D eigenvalue weighted by Crippen LogP contribution is -2.14. The third kappa shape index (κ3) is 4.37. The molecule has 0 spiro atoms. The average Bonchev–Trinajstić information content (AvgIpc) is 2.47. The molecule has 2 aromatic rings. The van der Waals surface area contributed by atoms with Crippen LogP contribution in [0.1, 0.15) is 23.2 Å². The molecule has 22 heavy (non-hydrogen) atoms. The lowest BCUT2D eigenvalue weighted by molar-refractivity contribution is 0.177. The summed E-state index contributed by atoms with van der Waals surface area (Å²) >= 11 is 5.62. The van der Waals surface area contributed by atoms with Gasteiger partial charge in [0.25, 0.3) is 0 Å². The van der Waals surface area contributed by atoms with Crippen molar-refractivity contribution in [2.45, 2.75) is 19.6 Å². The second-order valence-corrected chi connectivity index (χ2v) is 5.22. The van der Waals surface area contributed by atoms with Crippen molar-refractivity contribution in [3.63, 3.8) is 0 Å². The quantitative estimate of drug-likeness (QED) is 0.855. The first kappa shape index (κ1) is 16.6. The highest BCUT2D eigenvalue weighted by molar-refractivity contribution is 6.30. The number of nitrogens with one attached hydrogen (secondary N) is 1. The fourth-order valence-electron chi connectivity index (χ4n) is 1.95. The van der Waals surface area contributed by atoms with Gasteiger partial charge in [-0.25, -0.2) is 14.4 Å². The summed E-state index contributed by atoms with van der Waals surface area (Å²) in [6.45, 7) is 2.34. The Labute approximate surface area is 133 Å². The van der Waals surface area contributed by atoms with Gasteiger partial charge in [-0.1, -0.05) is 17.7 Å². The summed E-state index contributed by atoms with van der Waals surface area (Å²) in [7, 11) is 1.57. The van der Waals surface area contributed by atoms with Gasteiger partial charge in [0.15, 0.2) is 5.82 Å². The molecule has 0 saturated carbocycles. The number of aliphatic hydroxyl groups is 1. The van der Waals surface area contributed by atoms with Gasteiger partial charge in [0.1, 0.15) is 18.2 Å². The molecule has 0 aliphatic heterocycles. The standard InChI is InChI=1S/C15H17ClFN3O2/c1-9-5-14(20-15(19-9)8-22-2)18-7-13(21)10-3-4-11(16)12(17)6-10/h3-6,13,21H,7-8H2,1-2H3,(H,18,19,20). The predicted octanol–water partition coefficient (Wildman–Crippen LogP) is 2.87. The van der Waals surface area contributed by atoms with Crippen molar-refractivity contribution in [2.75, 3.05) is 19.0 Å². The van der Waals surface area contributed by atoms with Crippen molar-refractivity contribution < 1.29 is 14.2 Å². The Hall–Kier alpha value is -1.76. The van der Waals surface area contributed by atoms with Crippen molar-refractivity contribution in [1.29, 1.82) is 0 Å². The number of rotatable bonds is 6. The number of hydrogen-bond donors (Lipinski definition) is 2. The van der Waals surface area contributed by atoms with Gasteiger partial charge in [0.2, 0.25) is 0 Å². The zero-order valence-corrected chi connectivity index (χ0v) is 13.1. The number of halogens is 2. The first-order valence-electron chi connectivity index (χ1n) is 6.70. The van der Waals surface area contributed by atoms with Gasteiger partial charge in [-0.2, -0.15) is 0 Å². The van der Waals surface area contributed by atoms with E-state index in [1.807, 2.05) is 6.92 Å². The SMILES string of the molecule is COCc1nc(C)cc(NCC(O)c2ccc(Cl)c(F)c2)n1. The molecule has 0 bridgehead atoms. The first-order chi connectivity index (χ1) is 10.5. The fourth-order valence-corrected chi connectivity index (χ4v) is 2.07. The van der Waals surface area contributed by atoms with Crippen molar-refractivity contribution in [1.82, 2.24) is 9.97 Å². The largest absolute Gasteiger partial charge is 0.387 e. The van der Waals surface area contributed by atoms with E-state index in [1.54, 1.807) is 19.2 Å². The molecule has 1 aromatic carbocycles. The molecule has 0 amide bonds. The number of aryl methyl sites for hydroxylation is 1. The molecule has 5 nitrogen and oxygen atoms in total. The first-order valence-corrected chi connectivity index (χ1v) is 7.07. The molecular weight excluding hydrogens is 309 g/mol. The molecule has 1 heterocycles. The minimum absolute atomic E-state index is 0.0274. The monoisotopic (exact) mass is 325 g/mol. The molecule has 0 saturated heterocycles. The molecule has 0 aliphatic carbocycles. The summed E-state index contributed by atoms with van der Waals surface area (Å²) in [4.78, 5) is 8.49. The van der Waals surface area contributed by atoms with Crippen LogP contribution in [0, 0.1) is 12.7 Å². The van der Waals surface area contributed by atoms with Gasteiger partial charge in [-0.15, -0.1) is 0 Å². The number of aromatic nitrogens is 2. The molecule has 0 aliphatic rings. The minimum atomic E-state index is -0.882. The van der Waals surface area contributed by atoms with Gasteiger partial charge < -0.3 is 15.2 Å². The molecule has 1 unspecified atom stereocenters. The predicted molar refractivity (Wildman–Crippen MR) is 82.3 cm³/mol. The van der Waals surface area contributed by atoms with E-state index < -0.39 is 11.9 Å². The van der Waals surface area contributed by atoms with Crippen molar-refractivity contribution >= 4 is 17.4 Å². The zero-order valence-electron chi connectivity index (χ0n) is 12.3. The van der Waals surface area contributed by atoms with Crippen molar-refractivity contribution in [2.24, 2.45) is 0 Å². The molecular formula is C15H17ClFN3O2. The van der Waals surface area contributed by atoms with Crippen molar-refractivity contribution in [3.8, 4) is 0 Å². The second-order valence-electron chi connectivity index (χ2n) is 4.81. The molecule has 2 N–H and O–H groups in total. The minimum Gasteiger partial charge on any atom is -0.387 e. The van der Waals surface area contributed by atoms with Gasteiger partial charge >= 0.3 is 0 Å². The van der Waals surface area contributed by atoms with Crippen LogP contribution in [0.15, 0.2) is 24.3 Å². The Bertz CT molecular complexity index is 655. The number of aliphatic hydroxyl groups excluding tert-OH is 1. The second kappa shape index (κ2) is 7.49. The maximum atomic E-state index is 13.4. The molecule has 0 radical (unpaired) electrons. The summed E-state index contributed by atoms with van der Waals surface area (Å²) in [6.07, 6.45) is -0.882. The van der Waals surface area contributed by atoms with Crippen LogP contribution < -0.4 is 5.32 Å². The average molecular weight is 326 g/mol. The van der Waals surface area contributed by atoms with Gasteiger partial charge in [0, 0.05) is 25.4 Å².